The molecule has 0 N–H and O–H groups in total. The molecule has 0 fully saturated rings. The van der Waals surface area contributed by atoms with Crippen LogP contribution in [0, 0.1) is 19.7 Å². The zero-order chi connectivity index (χ0) is 19.1. The summed E-state index contributed by atoms with van der Waals surface area (Å²) in [5.74, 6) is -0.765. The number of carbonyl (C=O) groups excluding carboxylic acids is 1. The summed E-state index contributed by atoms with van der Waals surface area (Å²) < 4.78 is 14.5. The first-order valence-corrected chi connectivity index (χ1v) is 9.22. The zero-order valence-corrected chi connectivity index (χ0v) is 15.5. The first kappa shape index (κ1) is 17.3. The number of carbonyl (C=O) groups is 1. The number of rotatable bonds is 3. The summed E-state index contributed by atoms with van der Waals surface area (Å²) in [6.07, 6.45) is 0. The van der Waals surface area contributed by atoms with Crippen LogP contribution >= 0.6 is 11.3 Å². The molecule has 0 unspecified atom stereocenters. The molecule has 0 saturated heterocycles. The molecule has 0 atom stereocenters. The first-order chi connectivity index (χ1) is 13.0. The van der Waals surface area contributed by atoms with Crippen molar-refractivity contribution < 1.29 is 9.18 Å². The lowest BCUT2D eigenvalue weighted by Gasteiger charge is -2.09. The average molecular weight is 377 g/mol. The molecule has 2 aromatic carbocycles. The van der Waals surface area contributed by atoms with Crippen molar-refractivity contribution in [3.8, 4) is 5.69 Å². The topological polar surface area (TPSA) is 52.0 Å². The van der Waals surface area contributed by atoms with E-state index in [1.54, 1.807) is 17.5 Å². The van der Waals surface area contributed by atoms with Crippen molar-refractivity contribution in [3.63, 3.8) is 0 Å². The van der Waals surface area contributed by atoms with Crippen LogP contribution in [0.5, 0.6) is 0 Å². The van der Waals surface area contributed by atoms with Gasteiger partial charge in [-0.1, -0.05) is 17.7 Å². The summed E-state index contributed by atoms with van der Waals surface area (Å²) in [6, 6.07) is 12.7. The van der Waals surface area contributed by atoms with Gasteiger partial charge in [0.2, 0.25) is 5.78 Å². The van der Waals surface area contributed by atoms with E-state index in [2.05, 4.69) is 5.10 Å². The Bertz CT molecular complexity index is 1220. The number of fused-ring (bicyclic) bond motifs is 1. The summed E-state index contributed by atoms with van der Waals surface area (Å²) in [5, 5.41) is 7.17. The highest BCUT2D eigenvalue weighted by Crippen LogP contribution is 2.26. The van der Waals surface area contributed by atoms with Crippen LogP contribution in [0.4, 0.5) is 4.39 Å². The number of benzene rings is 2. The van der Waals surface area contributed by atoms with E-state index in [0.29, 0.717) is 22.0 Å². The fourth-order valence-electron chi connectivity index (χ4n) is 2.97. The normalized spacial score (nSPS) is 11.1. The van der Waals surface area contributed by atoms with Crippen LogP contribution in [0.15, 0.2) is 58.7 Å². The van der Waals surface area contributed by atoms with Crippen molar-refractivity contribution >= 4 is 27.9 Å². The van der Waals surface area contributed by atoms with Crippen LogP contribution in [0.25, 0.3) is 16.5 Å². The Labute approximate surface area is 158 Å². The quantitative estimate of drug-likeness (QED) is 0.496. The second kappa shape index (κ2) is 6.55. The Balaban J connectivity index is 1.99. The zero-order valence-electron chi connectivity index (χ0n) is 14.7. The monoisotopic (exact) mass is 377 g/mol. The molecule has 0 aliphatic rings. The standard InChI is InChI=1S/C21H15FN2O2S/c1-12-3-9-16(10-4-12)24-21(26)18-13(2)27-11-17(18)19(23-24)20(25)14-5-7-15(22)8-6-14/h3-11H,1-2H3/i22-1. The van der Waals surface area contributed by atoms with Crippen LogP contribution < -0.4 is 5.56 Å². The SMILES string of the molecule is Cc1ccc(-n2nc(C(=O)c3ccc([18F])cc3)c3csc(C)c3c2=O)cc1. The molecule has 0 aliphatic heterocycles. The smallest absolute Gasteiger partial charge is 0.280 e. The summed E-state index contributed by atoms with van der Waals surface area (Å²) >= 11 is 1.40. The molecule has 2 aromatic heterocycles. The Morgan fingerprint density at radius 1 is 1.04 bits per heavy atom. The number of halogens is 1. The molecule has 0 aliphatic carbocycles. The molecule has 134 valence electrons. The third-order valence-corrected chi connectivity index (χ3v) is 5.35. The van der Waals surface area contributed by atoms with E-state index >= 15 is 0 Å². The summed E-state index contributed by atoms with van der Waals surface area (Å²) in [4.78, 5) is 26.9. The van der Waals surface area contributed by atoms with E-state index in [4.69, 9.17) is 0 Å². The van der Waals surface area contributed by atoms with Gasteiger partial charge < -0.3 is 0 Å². The number of thiophene rings is 1. The van der Waals surface area contributed by atoms with Crippen molar-refractivity contribution in [1.82, 2.24) is 9.78 Å². The van der Waals surface area contributed by atoms with Crippen molar-refractivity contribution in [2.45, 2.75) is 13.8 Å². The Kier molecular flexibility index (Phi) is 4.20. The summed E-state index contributed by atoms with van der Waals surface area (Å²) in [5.41, 5.74) is 1.89. The van der Waals surface area contributed by atoms with Gasteiger partial charge in [-0.05, 0) is 50.2 Å². The summed E-state index contributed by atoms with van der Waals surface area (Å²) in [7, 11) is 0. The summed E-state index contributed by atoms with van der Waals surface area (Å²) in [6.45, 7) is 3.80. The van der Waals surface area contributed by atoms with Gasteiger partial charge in [-0.2, -0.15) is 9.78 Å². The van der Waals surface area contributed by atoms with Gasteiger partial charge in [0, 0.05) is 21.2 Å². The van der Waals surface area contributed by atoms with Gasteiger partial charge in [0.05, 0.1) is 11.1 Å². The molecule has 4 rings (SSSR count). The predicted molar refractivity (Wildman–Crippen MR) is 105 cm³/mol. The van der Waals surface area contributed by atoms with Gasteiger partial charge in [-0.25, -0.2) is 4.39 Å². The first-order valence-electron chi connectivity index (χ1n) is 8.34. The molecule has 4 aromatic rings. The fraction of sp³-hybridized carbons (Fsp3) is 0.0952. The van der Waals surface area contributed by atoms with Gasteiger partial charge in [0.1, 0.15) is 11.5 Å². The van der Waals surface area contributed by atoms with Crippen molar-refractivity contribution in [2.24, 2.45) is 0 Å². The van der Waals surface area contributed by atoms with Gasteiger partial charge in [0.15, 0.2) is 0 Å². The second-order valence-electron chi connectivity index (χ2n) is 6.32. The van der Waals surface area contributed by atoms with Crippen LogP contribution in [-0.2, 0) is 0 Å². The lowest BCUT2D eigenvalue weighted by molar-refractivity contribution is 0.103. The minimum atomic E-state index is -0.416. The molecule has 0 spiro atoms. The molecule has 0 amide bonds. The maximum atomic E-state index is 13.2. The van der Waals surface area contributed by atoms with E-state index in [0.717, 1.165) is 10.4 Å². The van der Waals surface area contributed by atoms with Gasteiger partial charge in [0.25, 0.3) is 5.56 Å². The Morgan fingerprint density at radius 3 is 2.37 bits per heavy atom. The maximum absolute atomic E-state index is 13.2. The maximum Gasteiger partial charge on any atom is 0.280 e. The highest BCUT2D eigenvalue weighted by molar-refractivity contribution is 7.11. The minimum absolute atomic E-state index is 0.182. The molecule has 6 heteroatoms. The molecular weight excluding hydrogens is 362 g/mol. The minimum Gasteiger partial charge on any atom is -0.287 e. The number of aryl methyl sites for hydroxylation is 2. The largest absolute Gasteiger partial charge is 0.287 e. The van der Waals surface area contributed by atoms with E-state index in [9.17, 15) is 14.0 Å². The number of hydrogen-bond donors (Lipinski definition) is 0. The average Bonchev–Trinajstić information content (AvgIpc) is 3.05. The lowest BCUT2D eigenvalue weighted by atomic mass is 10.0. The van der Waals surface area contributed by atoms with Gasteiger partial charge >= 0.3 is 0 Å². The molecule has 4 nitrogen and oxygen atoms in total. The van der Waals surface area contributed by atoms with Crippen LogP contribution in [0.2, 0.25) is 0 Å². The van der Waals surface area contributed by atoms with Crippen LogP contribution in [-0.4, -0.2) is 15.6 Å². The highest BCUT2D eigenvalue weighted by atomic mass is 32.1. The molecule has 27 heavy (non-hydrogen) atoms. The Morgan fingerprint density at radius 2 is 1.70 bits per heavy atom. The fourth-order valence-corrected chi connectivity index (χ4v) is 3.81. The third-order valence-electron chi connectivity index (χ3n) is 4.44. The number of nitrogens with zero attached hydrogens (tertiary/aromatic N) is 2. The van der Waals surface area contributed by atoms with Gasteiger partial charge in [-0.15, -0.1) is 11.3 Å². The Hall–Kier alpha value is -3.12. The molecule has 2 heterocycles. The highest BCUT2D eigenvalue weighted by Gasteiger charge is 2.21. The number of hydrogen-bond acceptors (Lipinski definition) is 4. The molecule has 0 bridgehead atoms. The number of ketones is 1. The lowest BCUT2D eigenvalue weighted by Crippen LogP contribution is -2.24. The van der Waals surface area contributed by atoms with Gasteiger partial charge in [-0.3, -0.25) is 9.59 Å². The molecule has 0 saturated carbocycles. The van der Waals surface area contributed by atoms with E-state index in [-0.39, 0.29) is 17.0 Å². The van der Waals surface area contributed by atoms with Crippen molar-refractivity contribution in [1.29, 1.82) is 0 Å². The predicted octanol–water partition coefficient (Wildman–Crippen LogP) is 4.43. The number of aromatic nitrogens is 2. The van der Waals surface area contributed by atoms with E-state index in [1.807, 2.05) is 26.0 Å². The van der Waals surface area contributed by atoms with E-state index < -0.39 is 5.82 Å². The second-order valence-corrected chi connectivity index (χ2v) is 7.40. The third kappa shape index (κ3) is 2.98. The molecular formula is C21H15FN2O2S. The van der Waals surface area contributed by atoms with Crippen molar-refractivity contribution in [2.75, 3.05) is 0 Å². The van der Waals surface area contributed by atoms with Crippen LogP contribution in [0.3, 0.4) is 0 Å². The van der Waals surface area contributed by atoms with Crippen molar-refractivity contribution in [3.05, 3.63) is 91.8 Å². The van der Waals surface area contributed by atoms with Crippen LogP contribution in [0.1, 0.15) is 26.5 Å². The van der Waals surface area contributed by atoms with E-state index in [1.165, 1.54) is 40.3 Å². The molecule has 0 radical (unpaired) electrons.